The van der Waals surface area contributed by atoms with Crippen LogP contribution in [0.4, 0.5) is 20.2 Å². The van der Waals surface area contributed by atoms with Crippen molar-refractivity contribution in [1.82, 2.24) is 9.78 Å². The number of benzene rings is 2. The third-order valence-corrected chi connectivity index (χ3v) is 6.46. The Kier molecular flexibility index (Phi) is 6.10. The molecule has 2 amide bonds. The van der Waals surface area contributed by atoms with Crippen molar-refractivity contribution in [3.63, 3.8) is 0 Å². The van der Waals surface area contributed by atoms with Crippen LogP contribution in [0.2, 0.25) is 0 Å². The van der Waals surface area contributed by atoms with Crippen LogP contribution in [-0.4, -0.2) is 41.3 Å². The van der Waals surface area contributed by atoms with Crippen LogP contribution in [0.1, 0.15) is 41.0 Å². The first-order chi connectivity index (χ1) is 16.9. The number of rotatable bonds is 6. The SMILES string of the molecule is NC(=O)c1nn(-c2ccccc2OC(F)F)c2c1CCN(c1ccc(N3CCCCC3=O)cc1)C2. The van der Waals surface area contributed by atoms with Crippen LogP contribution in [-0.2, 0) is 17.8 Å². The minimum Gasteiger partial charge on any atom is -0.433 e. The Hall–Kier alpha value is -3.95. The maximum absolute atomic E-state index is 13.0. The van der Waals surface area contributed by atoms with Crippen LogP contribution in [0, 0.1) is 0 Å². The second-order valence-corrected chi connectivity index (χ2v) is 8.59. The second kappa shape index (κ2) is 9.36. The van der Waals surface area contributed by atoms with Gasteiger partial charge in [-0.05, 0) is 55.7 Å². The fourth-order valence-electron chi connectivity index (χ4n) is 4.78. The van der Waals surface area contributed by atoms with Crippen molar-refractivity contribution in [1.29, 1.82) is 0 Å². The lowest BCUT2D eigenvalue weighted by atomic mass is 10.0. The first-order valence-electron chi connectivity index (χ1n) is 11.5. The summed E-state index contributed by atoms with van der Waals surface area (Å²) in [6.45, 7) is -1.27. The topological polar surface area (TPSA) is 93.7 Å². The minimum atomic E-state index is -3.00. The Balaban J connectivity index is 1.47. The van der Waals surface area contributed by atoms with Gasteiger partial charge >= 0.3 is 6.61 Å². The molecule has 2 N–H and O–H groups in total. The van der Waals surface area contributed by atoms with Gasteiger partial charge in [0, 0.05) is 36.4 Å². The number of ether oxygens (including phenoxy) is 1. The predicted molar refractivity (Wildman–Crippen MR) is 126 cm³/mol. The van der Waals surface area contributed by atoms with E-state index in [0.717, 1.165) is 30.8 Å². The van der Waals surface area contributed by atoms with Crippen LogP contribution >= 0.6 is 0 Å². The molecule has 35 heavy (non-hydrogen) atoms. The van der Waals surface area contributed by atoms with Crippen molar-refractivity contribution in [2.75, 3.05) is 22.9 Å². The van der Waals surface area contributed by atoms with Gasteiger partial charge in [-0.1, -0.05) is 12.1 Å². The third-order valence-electron chi connectivity index (χ3n) is 6.46. The van der Waals surface area contributed by atoms with Gasteiger partial charge in [0.15, 0.2) is 11.4 Å². The van der Waals surface area contributed by atoms with E-state index < -0.39 is 12.5 Å². The van der Waals surface area contributed by atoms with E-state index >= 15 is 0 Å². The Morgan fingerprint density at radius 1 is 1.00 bits per heavy atom. The first kappa shape index (κ1) is 22.8. The summed E-state index contributed by atoms with van der Waals surface area (Å²) in [7, 11) is 0. The Labute approximate surface area is 200 Å². The number of halogens is 2. The second-order valence-electron chi connectivity index (χ2n) is 8.59. The lowest BCUT2D eigenvalue weighted by Crippen LogP contribution is -2.35. The van der Waals surface area contributed by atoms with E-state index in [4.69, 9.17) is 10.5 Å². The molecule has 1 saturated heterocycles. The molecule has 2 aliphatic rings. The summed E-state index contributed by atoms with van der Waals surface area (Å²) in [4.78, 5) is 28.3. The van der Waals surface area contributed by atoms with Crippen LogP contribution < -0.4 is 20.3 Å². The van der Waals surface area contributed by atoms with Crippen LogP contribution in [0.5, 0.6) is 5.75 Å². The van der Waals surface area contributed by atoms with Gasteiger partial charge in [0.05, 0.1) is 12.2 Å². The number of hydrogen-bond acceptors (Lipinski definition) is 5. The molecule has 5 rings (SSSR count). The molecule has 0 spiro atoms. The highest BCUT2D eigenvalue weighted by molar-refractivity contribution is 5.94. The number of para-hydroxylation sites is 2. The number of primary amides is 1. The molecule has 0 unspecified atom stereocenters. The third kappa shape index (κ3) is 4.43. The molecule has 2 aliphatic heterocycles. The van der Waals surface area contributed by atoms with Gasteiger partial charge < -0.3 is 20.3 Å². The lowest BCUT2D eigenvalue weighted by Gasteiger charge is -2.31. The van der Waals surface area contributed by atoms with Gasteiger partial charge in [-0.3, -0.25) is 9.59 Å². The Morgan fingerprint density at radius 3 is 2.46 bits per heavy atom. The largest absolute Gasteiger partial charge is 0.433 e. The monoisotopic (exact) mass is 481 g/mol. The molecule has 1 fully saturated rings. The van der Waals surface area contributed by atoms with Crippen molar-refractivity contribution in [2.45, 2.75) is 38.8 Å². The number of amides is 2. The average Bonchev–Trinajstić information content (AvgIpc) is 3.24. The number of fused-ring (bicyclic) bond motifs is 1. The molecule has 3 heterocycles. The van der Waals surface area contributed by atoms with E-state index in [1.165, 1.54) is 10.7 Å². The van der Waals surface area contributed by atoms with E-state index in [1.807, 2.05) is 29.2 Å². The molecule has 2 aromatic carbocycles. The van der Waals surface area contributed by atoms with E-state index in [1.54, 1.807) is 18.2 Å². The highest BCUT2D eigenvalue weighted by atomic mass is 19.3. The lowest BCUT2D eigenvalue weighted by molar-refractivity contribution is -0.119. The predicted octanol–water partition coefficient (Wildman–Crippen LogP) is 3.65. The number of anilines is 2. The zero-order valence-corrected chi connectivity index (χ0v) is 19.0. The normalized spacial score (nSPS) is 15.9. The maximum atomic E-state index is 13.0. The van der Waals surface area contributed by atoms with Crippen molar-refractivity contribution in [3.05, 3.63) is 65.5 Å². The number of nitrogens with two attached hydrogens (primary N) is 1. The molecule has 0 aliphatic carbocycles. The van der Waals surface area contributed by atoms with Crippen molar-refractivity contribution in [2.24, 2.45) is 5.73 Å². The summed E-state index contributed by atoms with van der Waals surface area (Å²) >= 11 is 0. The van der Waals surface area contributed by atoms with Gasteiger partial charge in [0.1, 0.15) is 5.69 Å². The van der Waals surface area contributed by atoms with Gasteiger partial charge in [-0.15, -0.1) is 0 Å². The zero-order chi connectivity index (χ0) is 24.5. The molecule has 1 aromatic heterocycles. The number of carbonyl (C=O) groups excluding carboxylic acids is 2. The Bertz CT molecular complexity index is 1260. The summed E-state index contributed by atoms with van der Waals surface area (Å²) in [5.74, 6) is -0.577. The van der Waals surface area contributed by atoms with E-state index in [9.17, 15) is 18.4 Å². The zero-order valence-electron chi connectivity index (χ0n) is 19.0. The molecule has 0 atom stereocenters. The summed E-state index contributed by atoms with van der Waals surface area (Å²) in [5.41, 5.74) is 9.21. The minimum absolute atomic E-state index is 0.0449. The summed E-state index contributed by atoms with van der Waals surface area (Å²) in [6.07, 6.45) is 3.00. The Morgan fingerprint density at radius 2 is 1.74 bits per heavy atom. The molecule has 0 radical (unpaired) electrons. The number of piperidine rings is 1. The van der Waals surface area contributed by atoms with Crippen molar-refractivity contribution in [3.8, 4) is 11.4 Å². The summed E-state index contributed by atoms with van der Waals surface area (Å²) < 4.78 is 32.2. The first-order valence-corrected chi connectivity index (χ1v) is 11.5. The van der Waals surface area contributed by atoms with Crippen LogP contribution in [0.15, 0.2) is 48.5 Å². The van der Waals surface area contributed by atoms with Crippen LogP contribution in [0.3, 0.4) is 0 Å². The smallest absolute Gasteiger partial charge is 0.387 e. The van der Waals surface area contributed by atoms with E-state index in [0.29, 0.717) is 42.9 Å². The van der Waals surface area contributed by atoms with Gasteiger partial charge in [0.25, 0.3) is 5.91 Å². The number of alkyl halides is 2. The molecule has 10 heteroatoms. The molecular weight excluding hydrogens is 456 g/mol. The van der Waals surface area contributed by atoms with Crippen molar-refractivity contribution < 1.29 is 23.1 Å². The molecular formula is C25H25F2N5O3. The average molecular weight is 482 g/mol. The van der Waals surface area contributed by atoms with E-state index in [-0.39, 0.29) is 17.4 Å². The fraction of sp³-hybridized carbons (Fsp3) is 0.320. The fourth-order valence-corrected chi connectivity index (χ4v) is 4.78. The molecule has 3 aromatic rings. The summed E-state index contributed by atoms with van der Waals surface area (Å²) in [6, 6.07) is 14.1. The molecule has 0 bridgehead atoms. The molecule has 182 valence electrons. The van der Waals surface area contributed by atoms with Gasteiger partial charge in [-0.25, -0.2) is 4.68 Å². The van der Waals surface area contributed by atoms with Crippen molar-refractivity contribution >= 4 is 23.2 Å². The van der Waals surface area contributed by atoms with Gasteiger partial charge in [0.2, 0.25) is 5.91 Å². The van der Waals surface area contributed by atoms with E-state index in [2.05, 4.69) is 10.00 Å². The van der Waals surface area contributed by atoms with Gasteiger partial charge in [-0.2, -0.15) is 13.9 Å². The number of hydrogen-bond donors (Lipinski definition) is 1. The number of aromatic nitrogens is 2. The highest BCUT2D eigenvalue weighted by Crippen LogP contribution is 2.33. The highest BCUT2D eigenvalue weighted by Gasteiger charge is 2.29. The molecule has 8 nitrogen and oxygen atoms in total. The number of carbonyl (C=O) groups is 2. The molecule has 0 saturated carbocycles. The summed E-state index contributed by atoms with van der Waals surface area (Å²) in [5, 5.41) is 4.39. The maximum Gasteiger partial charge on any atom is 0.387 e. The quantitative estimate of drug-likeness (QED) is 0.580. The number of nitrogens with zero attached hydrogens (tertiary/aromatic N) is 4. The standard InChI is InChI=1S/C25H25F2N5O3/c26-25(27)35-21-6-2-1-5-19(21)32-20-15-30(14-12-18(20)23(29-32)24(28)34)16-8-10-17(11-9-16)31-13-4-3-7-22(31)33/h1-2,5-6,8-11,25H,3-4,7,12-15H2,(H2,28,34). The van der Waals surface area contributed by atoms with Crippen LogP contribution in [0.25, 0.3) is 5.69 Å².